The number of benzene rings is 1. The minimum atomic E-state index is -0.187. The van der Waals surface area contributed by atoms with Gasteiger partial charge in [-0.15, -0.1) is 0 Å². The summed E-state index contributed by atoms with van der Waals surface area (Å²) in [7, 11) is 0. The molecule has 0 spiro atoms. The molecule has 2 aliphatic heterocycles. The van der Waals surface area contributed by atoms with Gasteiger partial charge < -0.3 is 10.2 Å². The predicted molar refractivity (Wildman–Crippen MR) is 91.5 cm³/mol. The van der Waals surface area contributed by atoms with Gasteiger partial charge in [-0.05, 0) is 36.8 Å². The van der Waals surface area contributed by atoms with E-state index in [0.29, 0.717) is 11.6 Å². The molecule has 1 aliphatic carbocycles. The molecule has 2 unspecified atom stereocenters. The molecule has 1 aromatic carbocycles. The summed E-state index contributed by atoms with van der Waals surface area (Å²) in [6.07, 6.45) is 4.18. The van der Waals surface area contributed by atoms with E-state index in [1.165, 1.54) is 32.4 Å². The number of hydrogen-bond donors (Lipinski definition) is 1. The molecular formula is C19H25N3O2. The molecule has 0 radical (unpaired) electrons. The van der Waals surface area contributed by atoms with Gasteiger partial charge in [0.25, 0.3) is 5.91 Å². The van der Waals surface area contributed by atoms with Crippen molar-refractivity contribution in [3.63, 3.8) is 0 Å². The number of likely N-dealkylation sites (tertiary alicyclic amines) is 2. The molecule has 0 bridgehead atoms. The van der Waals surface area contributed by atoms with Crippen molar-refractivity contribution in [1.29, 1.82) is 0 Å². The van der Waals surface area contributed by atoms with Crippen LogP contribution in [-0.4, -0.2) is 60.4 Å². The molecule has 1 N–H and O–H groups in total. The third-order valence-corrected chi connectivity index (χ3v) is 5.92. The Hall–Kier alpha value is -1.88. The molecule has 1 aromatic rings. The van der Waals surface area contributed by atoms with Gasteiger partial charge >= 0.3 is 0 Å². The Morgan fingerprint density at radius 2 is 1.67 bits per heavy atom. The van der Waals surface area contributed by atoms with E-state index in [-0.39, 0.29) is 18.4 Å². The third kappa shape index (κ3) is 3.05. The van der Waals surface area contributed by atoms with Crippen LogP contribution in [0.2, 0.25) is 0 Å². The molecule has 128 valence electrons. The molecule has 5 heteroatoms. The Kier molecular flexibility index (Phi) is 4.27. The summed E-state index contributed by atoms with van der Waals surface area (Å²) in [6.45, 7) is 4.18. The van der Waals surface area contributed by atoms with Gasteiger partial charge in [0, 0.05) is 37.8 Å². The van der Waals surface area contributed by atoms with E-state index in [4.69, 9.17) is 0 Å². The van der Waals surface area contributed by atoms with Gasteiger partial charge in [-0.3, -0.25) is 14.5 Å². The first kappa shape index (κ1) is 15.6. The smallest absolute Gasteiger partial charge is 0.251 e. The van der Waals surface area contributed by atoms with Crippen LogP contribution in [0.15, 0.2) is 30.3 Å². The minimum Gasteiger partial charge on any atom is -0.343 e. The van der Waals surface area contributed by atoms with Crippen molar-refractivity contribution in [1.82, 2.24) is 15.1 Å². The number of carbonyl (C=O) groups is 2. The maximum Gasteiger partial charge on any atom is 0.251 e. The lowest BCUT2D eigenvalue weighted by Gasteiger charge is -2.44. The van der Waals surface area contributed by atoms with Crippen molar-refractivity contribution >= 4 is 11.8 Å². The van der Waals surface area contributed by atoms with Gasteiger partial charge in [0.1, 0.15) is 0 Å². The van der Waals surface area contributed by atoms with Gasteiger partial charge in [-0.2, -0.15) is 0 Å². The molecule has 2 heterocycles. The zero-order chi connectivity index (χ0) is 16.5. The highest BCUT2D eigenvalue weighted by Crippen LogP contribution is 2.39. The van der Waals surface area contributed by atoms with Crippen molar-refractivity contribution in [2.45, 2.75) is 25.3 Å². The van der Waals surface area contributed by atoms with Crippen molar-refractivity contribution < 1.29 is 9.59 Å². The van der Waals surface area contributed by atoms with Crippen molar-refractivity contribution in [2.75, 3.05) is 32.7 Å². The molecule has 3 fully saturated rings. The summed E-state index contributed by atoms with van der Waals surface area (Å²) in [4.78, 5) is 28.6. The van der Waals surface area contributed by atoms with Gasteiger partial charge in [-0.1, -0.05) is 24.6 Å². The number of fused-ring (bicyclic) bond motifs is 1. The standard InChI is InChI=1S/C19H25N3O2/c23-18(9-20-19(24)14-5-2-1-3-6-14)22-12-17(13-22)21-10-15-7-4-8-16(15)11-21/h1-3,5-6,15-17H,4,7-13H2,(H,20,24). The van der Waals surface area contributed by atoms with Crippen molar-refractivity contribution in [3.8, 4) is 0 Å². The van der Waals surface area contributed by atoms with E-state index in [1.54, 1.807) is 12.1 Å². The second kappa shape index (κ2) is 6.55. The van der Waals surface area contributed by atoms with E-state index in [2.05, 4.69) is 10.2 Å². The van der Waals surface area contributed by atoms with Gasteiger partial charge in [0.05, 0.1) is 6.54 Å². The lowest BCUT2D eigenvalue weighted by Crippen LogP contribution is -2.62. The average Bonchev–Trinajstić information content (AvgIpc) is 3.14. The Morgan fingerprint density at radius 3 is 2.33 bits per heavy atom. The highest BCUT2D eigenvalue weighted by Gasteiger charge is 2.42. The zero-order valence-corrected chi connectivity index (χ0v) is 14.0. The summed E-state index contributed by atoms with van der Waals surface area (Å²) in [5.74, 6) is 1.64. The van der Waals surface area contributed by atoms with E-state index < -0.39 is 0 Å². The lowest BCUT2D eigenvalue weighted by atomic mass is 10.0. The largest absolute Gasteiger partial charge is 0.343 e. The second-order valence-electron chi connectivity index (χ2n) is 7.41. The van der Waals surface area contributed by atoms with Crippen LogP contribution in [-0.2, 0) is 4.79 Å². The second-order valence-corrected chi connectivity index (χ2v) is 7.41. The van der Waals surface area contributed by atoms with Crippen molar-refractivity contribution in [2.24, 2.45) is 11.8 Å². The van der Waals surface area contributed by atoms with Gasteiger partial charge in [0.2, 0.25) is 5.91 Å². The fourth-order valence-electron chi connectivity index (χ4n) is 4.42. The quantitative estimate of drug-likeness (QED) is 0.908. The molecular weight excluding hydrogens is 302 g/mol. The van der Waals surface area contributed by atoms with E-state index >= 15 is 0 Å². The zero-order valence-electron chi connectivity index (χ0n) is 14.0. The number of hydrogen-bond acceptors (Lipinski definition) is 3. The molecule has 0 aromatic heterocycles. The van der Waals surface area contributed by atoms with Crippen LogP contribution in [0.3, 0.4) is 0 Å². The van der Waals surface area contributed by atoms with Crippen LogP contribution >= 0.6 is 0 Å². The van der Waals surface area contributed by atoms with Crippen molar-refractivity contribution in [3.05, 3.63) is 35.9 Å². The maximum absolute atomic E-state index is 12.2. The molecule has 3 aliphatic rings. The van der Waals surface area contributed by atoms with Crippen LogP contribution in [0.5, 0.6) is 0 Å². The number of carbonyl (C=O) groups excluding carboxylic acids is 2. The fraction of sp³-hybridized carbons (Fsp3) is 0.579. The molecule has 2 amide bonds. The number of amides is 2. The Balaban J connectivity index is 1.20. The van der Waals surface area contributed by atoms with Crippen LogP contribution in [0.1, 0.15) is 29.6 Å². The molecule has 4 rings (SSSR count). The van der Waals surface area contributed by atoms with Crippen LogP contribution < -0.4 is 5.32 Å². The number of rotatable bonds is 4. The Bertz CT molecular complexity index is 600. The first-order valence-electron chi connectivity index (χ1n) is 9.06. The molecule has 2 atom stereocenters. The summed E-state index contributed by atoms with van der Waals surface area (Å²) in [5, 5.41) is 2.72. The van der Waals surface area contributed by atoms with E-state index in [0.717, 1.165) is 24.9 Å². The summed E-state index contributed by atoms with van der Waals surface area (Å²) < 4.78 is 0. The third-order valence-electron chi connectivity index (χ3n) is 5.92. The maximum atomic E-state index is 12.2. The highest BCUT2D eigenvalue weighted by molar-refractivity contribution is 5.96. The summed E-state index contributed by atoms with van der Waals surface area (Å²) in [5.41, 5.74) is 0.593. The number of nitrogens with zero attached hydrogens (tertiary/aromatic N) is 2. The van der Waals surface area contributed by atoms with E-state index in [9.17, 15) is 9.59 Å². The summed E-state index contributed by atoms with van der Waals surface area (Å²) in [6, 6.07) is 9.55. The lowest BCUT2D eigenvalue weighted by molar-refractivity contribution is -0.137. The number of nitrogens with one attached hydrogen (secondary N) is 1. The molecule has 5 nitrogen and oxygen atoms in total. The normalized spacial score (nSPS) is 26.9. The monoisotopic (exact) mass is 327 g/mol. The topological polar surface area (TPSA) is 52.7 Å². The van der Waals surface area contributed by atoms with Crippen LogP contribution in [0.4, 0.5) is 0 Å². The first-order chi connectivity index (χ1) is 11.7. The first-order valence-corrected chi connectivity index (χ1v) is 9.06. The summed E-state index contributed by atoms with van der Waals surface area (Å²) >= 11 is 0. The molecule has 24 heavy (non-hydrogen) atoms. The Morgan fingerprint density at radius 1 is 1.00 bits per heavy atom. The van der Waals surface area contributed by atoms with Crippen LogP contribution in [0.25, 0.3) is 0 Å². The van der Waals surface area contributed by atoms with Gasteiger partial charge in [-0.25, -0.2) is 0 Å². The minimum absolute atomic E-state index is 0.0231. The Labute approximate surface area is 143 Å². The van der Waals surface area contributed by atoms with E-state index in [1.807, 2.05) is 23.1 Å². The highest BCUT2D eigenvalue weighted by atomic mass is 16.2. The SMILES string of the molecule is O=C(NCC(=O)N1CC(N2CC3CCCC3C2)C1)c1ccccc1. The van der Waals surface area contributed by atoms with Gasteiger partial charge in [0.15, 0.2) is 0 Å². The van der Waals surface area contributed by atoms with Crippen LogP contribution in [0, 0.1) is 11.8 Å². The molecule has 1 saturated carbocycles. The fourth-order valence-corrected chi connectivity index (χ4v) is 4.42. The predicted octanol–water partition coefficient (Wildman–Crippen LogP) is 1.36. The average molecular weight is 327 g/mol. The molecule has 2 saturated heterocycles.